The summed E-state index contributed by atoms with van der Waals surface area (Å²) < 4.78 is 0. The number of nitrogens with two attached hydrogens (primary N) is 1. The van der Waals surface area contributed by atoms with Crippen molar-refractivity contribution in [3.8, 4) is 0 Å². The molecule has 0 bridgehead atoms. The molecule has 94 valence electrons. The number of nitrogens with one attached hydrogen (secondary N) is 1. The molecule has 1 heterocycles. The van der Waals surface area contributed by atoms with Gasteiger partial charge in [0.15, 0.2) is 0 Å². The average Bonchev–Trinajstić information content (AvgIpc) is 2.27. The van der Waals surface area contributed by atoms with Crippen LogP contribution in [0.2, 0.25) is 0 Å². The van der Waals surface area contributed by atoms with Crippen molar-refractivity contribution < 1.29 is 4.79 Å². The van der Waals surface area contributed by atoms with E-state index in [4.69, 9.17) is 5.73 Å². The van der Waals surface area contributed by atoms with Crippen LogP contribution < -0.4 is 11.1 Å². The van der Waals surface area contributed by atoms with E-state index < -0.39 is 5.54 Å². The van der Waals surface area contributed by atoms with E-state index in [1.807, 2.05) is 6.92 Å². The van der Waals surface area contributed by atoms with Crippen molar-refractivity contribution in [3.05, 3.63) is 0 Å². The zero-order valence-corrected chi connectivity index (χ0v) is 10.8. The zero-order valence-electron chi connectivity index (χ0n) is 10.8. The average molecular weight is 227 g/mol. The fraction of sp³-hybridized carbons (Fsp3) is 0.917. The Kier molecular flexibility index (Phi) is 4.74. The highest BCUT2D eigenvalue weighted by molar-refractivity contribution is 5.85. The number of likely N-dealkylation sites (tertiary alicyclic amines) is 1. The van der Waals surface area contributed by atoms with Crippen LogP contribution in [0.3, 0.4) is 0 Å². The highest BCUT2D eigenvalue weighted by atomic mass is 16.2. The molecule has 16 heavy (non-hydrogen) atoms. The molecule has 2 unspecified atom stereocenters. The van der Waals surface area contributed by atoms with Gasteiger partial charge >= 0.3 is 0 Å². The molecule has 0 aromatic carbocycles. The number of piperidine rings is 1. The van der Waals surface area contributed by atoms with Crippen LogP contribution in [-0.4, -0.2) is 42.5 Å². The van der Waals surface area contributed by atoms with Crippen molar-refractivity contribution >= 4 is 5.91 Å². The second kappa shape index (κ2) is 5.64. The minimum atomic E-state index is -0.729. The lowest BCUT2D eigenvalue weighted by Gasteiger charge is -2.33. The largest absolute Gasteiger partial charge is 0.353 e. The Morgan fingerprint density at radius 2 is 2.25 bits per heavy atom. The van der Waals surface area contributed by atoms with Gasteiger partial charge in [0.05, 0.1) is 5.54 Å². The molecule has 0 radical (unpaired) electrons. The van der Waals surface area contributed by atoms with Gasteiger partial charge in [-0.1, -0.05) is 13.3 Å². The Bertz CT molecular complexity index is 240. The SMILES string of the molecule is CCC(C)(N)C(=O)NCC1CCCCN1C. The molecule has 0 saturated carbocycles. The zero-order chi connectivity index (χ0) is 12.2. The first kappa shape index (κ1) is 13.5. The minimum absolute atomic E-state index is 0.0334. The Hall–Kier alpha value is -0.610. The Balaban J connectivity index is 2.36. The van der Waals surface area contributed by atoms with Gasteiger partial charge in [0.1, 0.15) is 0 Å². The smallest absolute Gasteiger partial charge is 0.239 e. The molecule has 4 nitrogen and oxygen atoms in total. The highest BCUT2D eigenvalue weighted by Crippen LogP contribution is 2.14. The predicted molar refractivity (Wildman–Crippen MR) is 66.2 cm³/mol. The molecular weight excluding hydrogens is 202 g/mol. The summed E-state index contributed by atoms with van der Waals surface area (Å²) >= 11 is 0. The molecule has 0 spiro atoms. The van der Waals surface area contributed by atoms with Crippen LogP contribution in [-0.2, 0) is 4.79 Å². The topological polar surface area (TPSA) is 58.4 Å². The molecule has 1 aliphatic rings. The number of nitrogens with zero attached hydrogens (tertiary/aromatic N) is 1. The molecule has 1 aliphatic heterocycles. The van der Waals surface area contributed by atoms with Gasteiger partial charge in [-0.25, -0.2) is 0 Å². The molecular formula is C12H25N3O. The number of likely N-dealkylation sites (N-methyl/N-ethyl adjacent to an activating group) is 1. The number of hydrogen-bond acceptors (Lipinski definition) is 3. The maximum atomic E-state index is 11.8. The highest BCUT2D eigenvalue weighted by Gasteiger charge is 2.27. The Labute approximate surface area is 98.6 Å². The summed E-state index contributed by atoms with van der Waals surface area (Å²) in [6, 6.07) is 0.477. The number of carbonyl (C=O) groups is 1. The minimum Gasteiger partial charge on any atom is -0.353 e. The van der Waals surface area contributed by atoms with Crippen LogP contribution in [0.15, 0.2) is 0 Å². The first-order valence-electron chi connectivity index (χ1n) is 6.25. The number of hydrogen-bond donors (Lipinski definition) is 2. The Morgan fingerprint density at radius 3 is 2.81 bits per heavy atom. The molecule has 1 amide bonds. The van der Waals surface area contributed by atoms with Crippen molar-refractivity contribution in [1.82, 2.24) is 10.2 Å². The summed E-state index contributed by atoms with van der Waals surface area (Å²) in [4.78, 5) is 14.1. The number of rotatable bonds is 4. The van der Waals surface area contributed by atoms with Gasteiger partial charge in [0, 0.05) is 12.6 Å². The summed E-state index contributed by atoms with van der Waals surface area (Å²) in [7, 11) is 2.12. The van der Waals surface area contributed by atoms with E-state index in [2.05, 4.69) is 17.3 Å². The summed E-state index contributed by atoms with van der Waals surface area (Å²) in [5.41, 5.74) is 5.16. The summed E-state index contributed by atoms with van der Waals surface area (Å²) in [5.74, 6) is -0.0334. The number of amides is 1. The first-order valence-corrected chi connectivity index (χ1v) is 6.25. The standard InChI is InChI=1S/C12H25N3O/c1-4-12(2,13)11(16)14-9-10-7-5-6-8-15(10)3/h10H,4-9,13H2,1-3H3,(H,14,16). The van der Waals surface area contributed by atoms with E-state index in [9.17, 15) is 4.79 Å². The van der Waals surface area contributed by atoms with E-state index >= 15 is 0 Å². The van der Waals surface area contributed by atoms with Gasteiger partial charge in [-0.05, 0) is 39.8 Å². The van der Waals surface area contributed by atoms with Gasteiger partial charge in [-0.2, -0.15) is 0 Å². The second-order valence-electron chi connectivity index (χ2n) is 5.11. The van der Waals surface area contributed by atoms with E-state index in [1.165, 1.54) is 19.3 Å². The second-order valence-corrected chi connectivity index (χ2v) is 5.11. The Morgan fingerprint density at radius 1 is 1.56 bits per heavy atom. The lowest BCUT2D eigenvalue weighted by atomic mass is 9.98. The first-order chi connectivity index (χ1) is 7.47. The molecule has 1 fully saturated rings. The van der Waals surface area contributed by atoms with Crippen molar-refractivity contribution in [2.75, 3.05) is 20.1 Å². The molecule has 0 aliphatic carbocycles. The normalized spacial score (nSPS) is 26.1. The van der Waals surface area contributed by atoms with Gasteiger partial charge in [0.25, 0.3) is 0 Å². The molecule has 2 atom stereocenters. The maximum Gasteiger partial charge on any atom is 0.239 e. The summed E-state index contributed by atoms with van der Waals surface area (Å²) in [5, 5.41) is 2.97. The quantitative estimate of drug-likeness (QED) is 0.744. The van der Waals surface area contributed by atoms with Crippen molar-refractivity contribution in [3.63, 3.8) is 0 Å². The van der Waals surface area contributed by atoms with Gasteiger partial charge < -0.3 is 16.0 Å². The molecule has 1 saturated heterocycles. The molecule has 3 N–H and O–H groups in total. The predicted octanol–water partition coefficient (Wildman–Crippen LogP) is 0.714. The van der Waals surface area contributed by atoms with Crippen LogP contribution >= 0.6 is 0 Å². The van der Waals surface area contributed by atoms with Crippen LogP contribution in [0.4, 0.5) is 0 Å². The molecule has 0 aromatic rings. The van der Waals surface area contributed by atoms with E-state index in [1.54, 1.807) is 6.92 Å². The molecule has 0 aromatic heterocycles. The van der Waals surface area contributed by atoms with Gasteiger partial charge in [-0.15, -0.1) is 0 Å². The monoisotopic (exact) mass is 227 g/mol. The van der Waals surface area contributed by atoms with E-state index in [0.29, 0.717) is 12.5 Å². The summed E-state index contributed by atoms with van der Waals surface area (Å²) in [6.07, 6.45) is 4.37. The van der Waals surface area contributed by atoms with Crippen molar-refractivity contribution in [1.29, 1.82) is 0 Å². The third-order valence-electron chi connectivity index (χ3n) is 3.67. The lowest BCUT2D eigenvalue weighted by Crippen LogP contribution is -2.54. The van der Waals surface area contributed by atoms with Crippen LogP contribution in [0.5, 0.6) is 0 Å². The van der Waals surface area contributed by atoms with Gasteiger partial charge in [0.2, 0.25) is 5.91 Å². The maximum absolute atomic E-state index is 11.8. The van der Waals surface area contributed by atoms with Crippen molar-refractivity contribution in [2.45, 2.75) is 51.1 Å². The fourth-order valence-electron chi connectivity index (χ4n) is 1.98. The van der Waals surface area contributed by atoms with E-state index in [0.717, 1.165) is 13.1 Å². The summed E-state index contributed by atoms with van der Waals surface area (Å²) in [6.45, 7) is 5.58. The van der Waals surface area contributed by atoms with Crippen molar-refractivity contribution in [2.24, 2.45) is 5.73 Å². The lowest BCUT2D eigenvalue weighted by molar-refractivity contribution is -0.126. The van der Waals surface area contributed by atoms with Crippen LogP contribution in [0.1, 0.15) is 39.5 Å². The number of carbonyl (C=O) groups excluding carboxylic acids is 1. The molecule has 4 heteroatoms. The van der Waals surface area contributed by atoms with Crippen LogP contribution in [0.25, 0.3) is 0 Å². The fourth-order valence-corrected chi connectivity index (χ4v) is 1.98. The van der Waals surface area contributed by atoms with Gasteiger partial charge in [-0.3, -0.25) is 4.79 Å². The third-order valence-corrected chi connectivity index (χ3v) is 3.67. The van der Waals surface area contributed by atoms with Crippen LogP contribution in [0, 0.1) is 0 Å². The third kappa shape index (κ3) is 3.46. The molecule has 1 rings (SSSR count). The van der Waals surface area contributed by atoms with E-state index in [-0.39, 0.29) is 5.91 Å².